The minimum absolute atomic E-state index is 0.557. The van der Waals surface area contributed by atoms with Gasteiger partial charge in [0.25, 0.3) is 0 Å². The fraction of sp³-hybridized carbons (Fsp3) is 0.700. The van der Waals surface area contributed by atoms with E-state index in [4.69, 9.17) is 9.47 Å². The summed E-state index contributed by atoms with van der Waals surface area (Å²) in [4.78, 5) is 2.51. The van der Waals surface area contributed by atoms with E-state index < -0.39 is 0 Å². The van der Waals surface area contributed by atoms with Crippen molar-refractivity contribution in [2.45, 2.75) is 52.4 Å². The number of nitrogens with zero attached hydrogens (tertiary/aromatic N) is 1. The molecule has 0 aliphatic carbocycles. The Balaban J connectivity index is 1.92. The van der Waals surface area contributed by atoms with Gasteiger partial charge >= 0.3 is 0 Å². The molecule has 1 heterocycles. The van der Waals surface area contributed by atoms with E-state index in [0.717, 1.165) is 57.9 Å². The fourth-order valence-corrected chi connectivity index (χ4v) is 3.03. The normalized spacial score (nSPS) is 17.2. The lowest BCUT2D eigenvalue weighted by Gasteiger charge is -2.26. The van der Waals surface area contributed by atoms with Crippen LogP contribution in [-0.2, 0) is 11.2 Å². The quantitative estimate of drug-likeness (QED) is 0.679. The van der Waals surface area contributed by atoms with Crippen LogP contribution in [-0.4, -0.2) is 44.4 Å². The van der Waals surface area contributed by atoms with Crippen molar-refractivity contribution in [3.63, 3.8) is 0 Å². The third-order valence-corrected chi connectivity index (χ3v) is 4.72. The van der Waals surface area contributed by atoms with Crippen molar-refractivity contribution in [1.29, 1.82) is 0 Å². The second-order valence-electron chi connectivity index (χ2n) is 6.59. The molecule has 1 aliphatic rings. The minimum Gasteiger partial charge on any atom is -0.493 e. The molecule has 1 fully saturated rings. The number of aryl methyl sites for hydroxylation is 1. The van der Waals surface area contributed by atoms with Crippen LogP contribution in [0.25, 0.3) is 0 Å². The van der Waals surface area contributed by atoms with Gasteiger partial charge in [0.15, 0.2) is 0 Å². The highest BCUT2D eigenvalue weighted by atomic mass is 16.5. The van der Waals surface area contributed by atoms with Crippen molar-refractivity contribution in [2.24, 2.45) is 0 Å². The standard InChI is InChI=1S/C20H33NO2/c1-4-13-23-20-9-8-18(16-19(20)17(3)5-2)7-6-10-21-11-14-22-15-12-21/h8-9,16-17H,4-7,10-15H2,1-3H3. The summed E-state index contributed by atoms with van der Waals surface area (Å²) in [5.41, 5.74) is 2.82. The maximum absolute atomic E-state index is 5.94. The van der Waals surface area contributed by atoms with Gasteiger partial charge in [-0.05, 0) is 55.3 Å². The van der Waals surface area contributed by atoms with Crippen LogP contribution < -0.4 is 4.74 Å². The van der Waals surface area contributed by atoms with Gasteiger partial charge in [-0.25, -0.2) is 0 Å². The predicted octanol–water partition coefficient (Wildman–Crippen LogP) is 4.25. The molecule has 1 atom stereocenters. The zero-order chi connectivity index (χ0) is 16.5. The number of rotatable bonds is 9. The largest absolute Gasteiger partial charge is 0.493 e. The molecule has 0 bridgehead atoms. The molecule has 2 rings (SSSR count). The van der Waals surface area contributed by atoms with Gasteiger partial charge < -0.3 is 9.47 Å². The van der Waals surface area contributed by atoms with E-state index in [0.29, 0.717) is 5.92 Å². The van der Waals surface area contributed by atoms with Crippen LogP contribution in [0.4, 0.5) is 0 Å². The topological polar surface area (TPSA) is 21.7 Å². The molecule has 1 aliphatic heterocycles. The average molecular weight is 319 g/mol. The molecular weight excluding hydrogens is 286 g/mol. The van der Waals surface area contributed by atoms with Gasteiger partial charge in [-0.2, -0.15) is 0 Å². The van der Waals surface area contributed by atoms with Crippen LogP contribution in [0.3, 0.4) is 0 Å². The van der Waals surface area contributed by atoms with E-state index in [1.807, 2.05) is 0 Å². The van der Waals surface area contributed by atoms with Crippen LogP contribution in [0, 0.1) is 0 Å². The first-order valence-corrected chi connectivity index (χ1v) is 9.30. The molecule has 0 spiro atoms. The van der Waals surface area contributed by atoms with Gasteiger partial charge in [0.05, 0.1) is 19.8 Å². The number of benzene rings is 1. The van der Waals surface area contributed by atoms with Crippen molar-refractivity contribution in [3.05, 3.63) is 29.3 Å². The number of hydrogen-bond acceptors (Lipinski definition) is 3. The summed E-state index contributed by atoms with van der Waals surface area (Å²) in [6, 6.07) is 6.80. The first-order valence-electron chi connectivity index (χ1n) is 9.30. The molecule has 1 aromatic carbocycles. The van der Waals surface area contributed by atoms with Gasteiger partial charge in [0.1, 0.15) is 5.75 Å². The summed E-state index contributed by atoms with van der Waals surface area (Å²) >= 11 is 0. The Morgan fingerprint density at radius 2 is 2.00 bits per heavy atom. The molecule has 23 heavy (non-hydrogen) atoms. The lowest BCUT2D eigenvalue weighted by Crippen LogP contribution is -2.36. The lowest BCUT2D eigenvalue weighted by atomic mass is 9.94. The Morgan fingerprint density at radius 1 is 1.22 bits per heavy atom. The Labute approximate surface area is 142 Å². The lowest BCUT2D eigenvalue weighted by molar-refractivity contribution is 0.0374. The summed E-state index contributed by atoms with van der Waals surface area (Å²) in [5.74, 6) is 1.64. The maximum Gasteiger partial charge on any atom is 0.122 e. The van der Waals surface area contributed by atoms with E-state index in [2.05, 4.69) is 43.9 Å². The molecule has 0 saturated carbocycles. The number of ether oxygens (including phenoxy) is 2. The van der Waals surface area contributed by atoms with Crippen molar-refractivity contribution < 1.29 is 9.47 Å². The van der Waals surface area contributed by atoms with Gasteiger partial charge in [0.2, 0.25) is 0 Å². The Morgan fingerprint density at radius 3 is 2.70 bits per heavy atom. The van der Waals surface area contributed by atoms with Crippen LogP contribution in [0.15, 0.2) is 18.2 Å². The molecule has 3 nitrogen and oxygen atoms in total. The molecule has 0 amide bonds. The SMILES string of the molecule is CCCOc1ccc(CCCN2CCOCC2)cc1C(C)CC. The molecule has 1 unspecified atom stereocenters. The van der Waals surface area contributed by atoms with Crippen LogP contribution in [0.1, 0.15) is 57.1 Å². The summed E-state index contributed by atoms with van der Waals surface area (Å²) in [5, 5.41) is 0. The van der Waals surface area contributed by atoms with Crippen molar-refractivity contribution in [1.82, 2.24) is 4.90 Å². The Kier molecular flexibility index (Phi) is 7.90. The highest BCUT2D eigenvalue weighted by Gasteiger charge is 2.13. The molecule has 1 saturated heterocycles. The Hall–Kier alpha value is -1.06. The molecule has 0 radical (unpaired) electrons. The molecule has 0 N–H and O–H groups in total. The van der Waals surface area contributed by atoms with Gasteiger partial charge in [-0.1, -0.05) is 32.9 Å². The molecule has 1 aromatic rings. The second kappa shape index (κ2) is 9.94. The summed E-state index contributed by atoms with van der Waals surface area (Å²) in [6.45, 7) is 12.6. The summed E-state index contributed by atoms with van der Waals surface area (Å²) < 4.78 is 11.4. The third kappa shape index (κ3) is 5.82. The molecule has 3 heteroatoms. The fourth-order valence-electron chi connectivity index (χ4n) is 3.03. The second-order valence-corrected chi connectivity index (χ2v) is 6.59. The minimum atomic E-state index is 0.557. The van der Waals surface area contributed by atoms with Crippen molar-refractivity contribution >= 4 is 0 Å². The zero-order valence-electron chi connectivity index (χ0n) is 15.1. The molecule has 0 aromatic heterocycles. The average Bonchev–Trinajstić information content (AvgIpc) is 2.60. The van der Waals surface area contributed by atoms with Crippen LogP contribution in [0.2, 0.25) is 0 Å². The molecular formula is C20H33NO2. The van der Waals surface area contributed by atoms with E-state index in [-0.39, 0.29) is 0 Å². The van der Waals surface area contributed by atoms with E-state index in [9.17, 15) is 0 Å². The predicted molar refractivity (Wildman–Crippen MR) is 96.5 cm³/mol. The number of hydrogen-bond donors (Lipinski definition) is 0. The summed E-state index contributed by atoms with van der Waals surface area (Å²) in [6.07, 6.45) is 4.57. The monoisotopic (exact) mass is 319 g/mol. The van der Waals surface area contributed by atoms with Gasteiger partial charge in [-0.15, -0.1) is 0 Å². The highest BCUT2D eigenvalue weighted by molar-refractivity contribution is 5.39. The number of morpholine rings is 1. The third-order valence-electron chi connectivity index (χ3n) is 4.72. The first-order chi connectivity index (χ1) is 11.2. The van der Waals surface area contributed by atoms with Crippen LogP contribution in [0.5, 0.6) is 5.75 Å². The first kappa shape index (κ1) is 18.3. The van der Waals surface area contributed by atoms with E-state index in [1.165, 1.54) is 24.1 Å². The molecule has 130 valence electrons. The Bertz CT molecular complexity index is 455. The van der Waals surface area contributed by atoms with Crippen molar-refractivity contribution in [3.8, 4) is 5.75 Å². The van der Waals surface area contributed by atoms with Crippen LogP contribution >= 0.6 is 0 Å². The smallest absolute Gasteiger partial charge is 0.122 e. The summed E-state index contributed by atoms with van der Waals surface area (Å²) in [7, 11) is 0. The van der Waals surface area contributed by atoms with E-state index >= 15 is 0 Å². The highest BCUT2D eigenvalue weighted by Crippen LogP contribution is 2.30. The van der Waals surface area contributed by atoms with Gasteiger partial charge in [0, 0.05) is 13.1 Å². The van der Waals surface area contributed by atoms with E-state index in [1.54, 1.807) is 0 Å². The zero-order valence-corrected chi connectivity index (χ0v) is 15.1. The maximum atomic E-state index is 5.94. The van der Waals surface area contributed by atoms with Crippen molar-refractivity contribution in [2.75, 3.05) is 39.5 Å². The van der Waals surface area contributed by atoms with Gasteiger partial charge in [-0.3, -0.25) is 4.90 Å².